The minimum atomic E-state index is 0.0376. The maximum Gasteiger partial charge on any atom is 0.0642 e. The van der Waals surface area contributed by atoms with Crippen molar-refractivity contribution in [2.75, 3.05) is 13.2 Å². The van der Waals surface area contributed by atoms with Crippen LogP contribution in [0.15, 0.2) is 11.6 Å². The number of aliphatic hydroxyl groups is 2. The van der Waals surface area contributed by atoms with Crippen molar-refractivity contribution in [3.63, 3.8) is 0 Å². The Kier molecular flexibility index (Phi) is 5.57. The molecule has 0 amide bonds. The Labute approximate surface area is 55.8 Å². The summed E-state index contributed by atoms with van der Waals surface area (Å²) in [5.41, 5.74) is 0.931. The van der Waals surface area contributed by atoms with E-state index in [9.17, 15) is 0 Å². The van der Waals surface area contributed by atoms with Crippen molar-refractivity contribution in [3.8, 4) is 0 Å². The molecule has 0 aliphatic heterocycles. The van der Waals surface area contributed by atoms with Crippen molar-refractivity contribution in [3.05, 3.63) is 11.6 Å². The van der Waals surface area contributed by atoms with Gasteiger partial charge in [0.2, 0.25) is 0 Å². The van der Waals surface area contributed by atoms with Crippen LogP contribution >= 0.6 is 0 Å². The summed E-state index contributed by atoms with van der Waals surface area (Å²) in [7, 11) is 0. The first-order valence-corrected chi connectivity index (χ1v) is 3.24. The Bertz CT molecular complexity index is 86.9. The lowest BCUT2D eigenvalue weighted by Gasteiger charge is -1.98. The molecule has 2 heteroatoms. The van der Waals surface area contributed by atoms with Gasteiger partial charge in [-0.1, -0.05) is 19.4 Å². The average Bonchev–Trinajstić information content (AvgIpc) is 1.88. The Morgan fingerprint density at radius 2 is 2.11 bits per heavy atom. The second-order valence-electron chi connectivity index (χ2n) is 1.95. The van der Waals surface area contributed by atoms with Crippen LogP contribution in [0.2, 0.25) is 0 Å². The van der Waals surface area contributed by atoms with Gasteiger partial charge in [-0.05, 0) is 12.0 Å². The van der Waals surface area contributed by atoms with E-state index in [2.05, 4.69) is 0 Å². The van der Waals surface area contributed by atoms with Gasteiger partial charge in [-0.15, -0.1) is 0 Å². The zero-order valence-electron chi connectivity index (χ0n) is 5.80. The second kappa shape index (κ2) is 5.79. The van der Waals surface area contributed by atoms with Crippen molar-refractivity contribution in [1.82, 2.24) is 0 Å². The van der Waals surface area contributed by atoms with E-state index in [0.717, 1.165) is 18.4 Å². The summed E-state index contributed by atoms with van der Waals surface area (Å²) >= 11 is 0. The zero-order valence-corrected chi connectivity index (χ0v) is 5.80. The predicted octanol–water partition coefficient (Wildman–Crippen LogP) is 0.698. The molecule has 0 spiro atoms. The molecule has 0 aliphatic rings. The van der Waals surface area contributed by atoms with Gasteiger partial charge in [0.15, 0.2) is 0 Å². The minimum Gasteiger partial charge on any atom is -0.392 e. The number of aliphatic hydroxyl groups excluding tert-OH is 2. The van der Waals surface area contributed by atoms with Crippen LogP contribution in [0.25, 0.3) is 0 Å². The fraction of sp³-hybridized carbons (Fsp3) is 0.714. The van der Waals surface area contributed by atoms with Gasteiger partial charge < -0.3 is 10.2 Å². The Balaban J connectivity index is 3.53. The molecule has 0 unspecified atom stereocenters. The van der Waals surface area contributed by atoms with Crippen LogP contribution in [-0.4, -0.2) is 23.4 Å². The molecule has 0 aromatic rings. The van der Waals surface area contributed by atoms with Crippen molar-refractivity contribution >= 4 is 0 Å². The van der Waals surface area contributed by atoms with Crippen LogP contribution in [-0.2, 0) is 0 Å². The summed E-state index contributed by atoms with van der Waals surface area (Å²) in [5, 5.41) is 17.0. The van der Waals surface area contributed by atoms with Gasteiger partial charge in [-0.25, -0.2) is 0 Å². The van der Waals surface area contributed by atoms with Crippen LogP contribution in [0, 0.1) is 0 Å². The molecule has 0 atom stereocenters. The van der Waals surface area contributed by atoms with Gasteiger partial charge in [-0.3, -0.25) is 0 Å². The van der Waals surface area contributed by atoms with Crippen molar-refractivity contribution < 1.29 is 10.2 Å². The third kappa shape index (κ3) is 4.18. The first kappa shape index (κ1) is 8.66. The van der Waals surface area contributed by atoms with Crippen LogP contribution in [0.3, 0.4) is 0 Å². The van der Waals surface area contributed by atoms with E-state index in [1.54, 1.807) is 6.08 Å². The highest BCUT2D eigenvalue weighted by Gasteiger charge is 1.90. The molecule has 0 fully saturated rings. The summed E-state index contributed by atoms with van der Waals surface area (Å²) in [6, 6.07) is 0. The van der Waals surface area contributed by atoms with E-state index >= 15 is 0 Å². The standard InChI is InChI=1S/C7H14O2/c1-2-3-7(6-9)4-5-8/h4,8-9H,2-3,5-6H2,1H3/b7-4-. The highest BCUT2D eigenvalue weighted by atomic mass is 16.3. The third-order valence-electron chi connectivity index (χ3n) is 1.15. The molecule has 0 saturated carbocycles. The topological polar surface area (TPSA) is 40.5 Å². The molecule has 0 rings (SSSR count). The number of hydrogen-bond acceptors (Lipinski definition) is 2. The molecule has 0 aromatic carbocycles. The van der Waals surface area contributed by atoms with Gasteiger partial charge >= 0.3 is 0 Å². The van der Waals surface area contributed by atoms with E-state index < -0.39 is 0 Å². The highest BCUT2D eigenvalue weighted by Crippen LogP contribution is 2.01. The van der Waals surface area contributed by atoms with Crippen LogP contribution in [0.1, 0.15) is 19.8 Å². The van der Waals surface area contributed by atoms with E-state index in [-0.39, 0.29) is 13.2 Å². The summed E-state index contributed by atoms with van der Waals surface area (Å²) in [6.07, 6.45) is 3.56. The van der Waals surface area contributed by atoms with Crippen molar-refractivity contribution in [2.45, 2.75) is 19.8 Å². The highest BCUT2D eigenvalue weighted by molar-refractivity contribution is 5.01. The Hall–Kier alpha value is -0.340. The first-order valence-electron chi connectivity index (χ1n) is 3.24. The third-order valence-corrected chi connectivity index (χ3v) is 1.15. The largest absolute Gasteiger partial charge is 0.392 e. The summed E-state index contributed by atoms with van der Waals surface area (Å²) in [5.74, 6) is 0. The summed E-state index contributed by atoms with van der Waals surface area (Å²) < 4.78 is 0. The maximum atomic E-state index is 8.61. The van der Waals surface area contributed by atoms with E-state index in [1.807, 2.05) is 6.92 Å². The monoisotopic (exact) mass is 130 g/mol. The lowest BCUT2D eigenvalue weighted by atomic mass is 10.1. The number of rotatable bonds is 4. The van der Waals surface area contributed by atoms with Crippen LogP contribution < -0.4 is 0 Å². The lowest BCUT2D eigenvalue weighted by molar-refractivity contribution is 0.315. The fourth-order valence-electron chi connectivity index (χ4n) is 0.696. The molecule has 0 aliphatic carbocycles. The van der Waals surface area contributed by atoms with Gasteiger partial charge in [0.25, 0.3) is 0 Å². The maximum absolute atomic E-state index is 8.61. The molecule has 0 heterocycles. The van der Waals surface area contributed by atoms with E-state index in [1.165, 1.54) is 0 Å². The molecular formula is C7H14O2. The average molecular weight is 130 g/mol. The predicted molar refractivity (Wildman–Crippen MR) is 37.2 cm³/mol. The van der Waals surface area contributed by atoms with E-state index in [0.29, 0.717) is 0 Å². The molecule has 0 radical (unpaired) electrons. The Morgan fingerprint density at radius 3 is 2.44 bits per heavy atom. The SMILES string of the molecule is CCC/C(=C/CO)CO. The Morgan fingerprint density at radius 1 is 1.44 bits per heavy atom. The van der Waals surface area contributed by atoms with Gasteiger partial charge in [0.05, 0.1) is 13.2 Å². The normalized spacial score (nSPS) is 12.1. The summed E-state index contributed by atoms with van der Waals surface area (Å²) in [4.78, 5) is 0. The second-order valence-corrected chi connectivity index (χ2v) is 1.95. The molecular weight excluding hydrogens is 116 g/mol. The van der Waals surface area contributed by atoms with Crippen molar-refractivity contribution in [2.24, 2.45) is 0 Å². The summed E-state index contributed by atoms with van der Waals surface area (Å²) in [6.45, 7) is 2.16. The number of hydrogen-bond donors (Lipinski definition) is 2. The minimum absolute atomic E-state index is 0.0376. The van der Waals surface area contributed by atoms with E-state index in [4.69, 9.17) is 10.2 Å². The molecule has 2 nitrogen and oxygen atoms in total. The smallest absolute Gasteiger partial charge is 0.0642 e. The quantitative estimate of drug-likeness (QED) is 0.550. The zero-order chi connectivity index (χ0) is 7.11. The van der Waals surface area contributed by atoms with Gasteiger partial charge in [0.1, 0.15) is 0 Å². The van der Waals surface area contributed by atoms with Crippen LogP contribution in [0.4, 0.5) is 0 Å². The molecule has 0 aromatic heterocycles. The lowest BCUT2D eigenvalue weighted by Crippen LogP contribution is -1.91. The first-order chi connectivity index (χ1) is 4.35. The molecule has 54 valence electrons. The molecule has 0 saturated heterocycles. The fourth-order valence-corrected chi connectivity index (χ4v) is 0.696. The van der Waals surface area contributed by atoms with Gasteiger partial charge in [-0.2, -0.15) is 0 Å². The molecule has 2 N–H and O–H groups in total. The molecule has 0 bridgehead atoms. The molecule has 9 heavy (non-hydrogen) atoms. The van der Waals surface area contributed by atoms with Crippen LogP contribution in [0.5, 0.6) is 0 Å². The van der Waals surface area contributed by atoms with Crippen molar-refractivity contribution in [1.29, 1.82) is 0 Å². The van der Waals surface area contributed by atoms with Gasteiger partial charge in [0, 0.05) is 0 Å².